The topological polar surface area (TPSA) is 35.6 Å². The van der Waals surface area contributed by atoms with E-state index in [0.717, 1.165) is 56.7 Å². The van der Waals surface area contributed by atoms with Crippen LogP contribution in [-0.2, 0) is 17.8 Å². The van der Waals surface area contributed by atoms with E-state index < -0.39 is 0 Å². The SMILES string of the molecule is CC.CC.CC.CN(C=O)Cc1ccc(C#CCN2CCNCC2)cc1.Cc1ccc(Cc2ccccc2)cc1. The molecule has 1 heterocycles. The molecule has 1 aliphatic rings. The Hall–Kier alpha value is -3.39. The maximum absolute atomic E-state index is 10.6. The van der Waals surface area contributed by atoms with Crippen LogP contribution in [0.1, 0.15) is 69.4 Å². The smallest absolute Gasteiger partial charge is 0.209 e. The van der Waals surface area contributed by atoms with Gasteiger partial charge in [0.05, 0.1) is 6.54 Å². The first kappa shape index (κ1) is 36.6. The highest BCUT2D eigenvalue weighted by atomic mass is 16.1. The Morgan fingerprint density at radius 3 is 1.85 bits per heavy atom. The average Bonchev–Trinajstić information content (AvgIpc) is 3.03. The van der Waals surface area contributed by atoms with E-state index >= 15 is 0 Å². The number of carbonyl (C=O) groups excluding carboxylic acids is 1. The molecule has 40 heavy (non-hydrogen) atoms. The second kappa shape index (κ2) is 24.6. The Morgan fingerprint density at radius 2 is 1.30 bits per heavy atom. The minimum Gasteiger partial charge on any atom is -0.344 e. The molecule has 0 saturated carbocycles. The van der Waals surface area contributed by atoms with Crippen LogP contribution in [0.2, 0.25) is 0 Å². The first-order chi connectivity index (χ1) is 19.6. The monoisotopic (exact) mass is 543 g/mol. The standard InChI is InChI=1S/C16H21N3O.C14H14.3C2H6/c1-18(14-20)13-16-6-4-15(5-7-16)3-2-10-19-11-8-17-9-12-19;1-12-7-9-14(10-8-12)11-13-5-3-2-4-6-13;3*1-2/h4-7,14,17H,8-13H2,1H3;2-10H,11H2,1H3;3*1-2H3. The van der Waals surface area contributed by atoms with E-state index in [-0.39, 0.29) is 0 Å². The summed E-state index contributed by atoms with van der Waals surface area (Å²) in [5.41, 5.74) is 6.21. The van der Waals surface area contributed by atoms with Crippen LogP contribution >= 0.6 is 0 Å². The molecule has 0 aromatic heterocycles. The number of aryl methyl sites for hydroxylation is 1. The maximum Gasteiger partial charge on any atom is 0.209 e. The molecule has 1 fully saturated rings. The van der Waals surface area contributed by atoms with Crippen molar-refractivity contribution in [2.75, 3.05) is 39.8 Å². The molecule has 1 amide bonds. The number of nitrogens with one attached hydrogen (secondary N) is 1. The van der Waals surface area contributed by atoms with E-state index in [1.165, 1.54) is 16.7 Å². The molecule has 4 rings (SSSR count). The van der Waals surface area contributed by atoms with Crippen LogP contribution in [0.5, 0.6) is 0 Å². The van der Waals surface area contributed by atoms with Crippen molar-refractivity contribution in [2.45, 2.75) is 61.4 Å². The highest BCUT2D eigenvalue weighted by Gasteiger charge is 2.06. The first-order valence-electron chi connectivity index (χ1n) is 14.9. The van der Waals surface area contributed by atoms with E-state index in [4.69, 9.17) is 0 Å². The van der Waals surface area contributed by atoms with E-state index in [0.29, 0.717) is 6.54 Å². The summed E-state index contributed by atoms with van der Waals surface area (Å²) in [5.74, 6) is 6.42. The lowest BCUT2D eigenvalue weighted by atomic mass is 10.0. The zero-order valence-electron chi connectivity index (χ0n) is 26.3. The zero-order valence-corrected chi connectivity index (χ0v) is 26.3. The maximum atomic E-state index is 10.6. The molecule has 0 radical (unpaired) electrons. The Morgan fingerprint density at radius 1 is 0.775 bits per heavy atom. The molecule has 0 atom stereocenters. The molecular weight excluding hydrogens is 490 g/mol. The van der Waals surface area contributed by atoms with Gasteiger partial charge in [-0.3, -0.25) is 9.69 Å². The Balaban J connectivity index is 0.000000665. The van der Waals surface area contributed by atoms with Gasteiger partial charge in [0.15, 0.2) is 0 Å². The number of rotatable bonds is 6. The van der Waals surface area contributed by atoms with Crippen molar-refractivity contribution in [3.05, 3.63) is 107 Å². The fourth-order valence-corrected chi connectivity index (χ4v) is 3.68. The summed E-state index contributed by atoms with van der Waals surface area (Å²) in [4.78, 5) is 14.5. The Bertz CT molecular complexity index is 1050. The number of piperazine rings is 1. The Labute approximate surface area is 245 Å². The van der Waals surface area contributed by atoms with Crippen LogP contribution in [0.25, 0.3) is 0 Å². The largest absolute Gasteiger partial charge is 0.344 e. The van der Waals surface area contributed by atoms with Crippen molar-refractivity contribution in [2.24, 2.45) is 0 Å². The second-order valence-corrected chi connectivity index (χ2v) is 8.69. The van der Waals surface area contributed by atoms with E-state index in [9.17, 15) is 4.79 Å². The first-order valence-corrected chi connectivity index (χ1v) is 14.9. The minimum atomic E-state index is 0.637. The van der Waals surface area contributed by atoms with E-state index in [2.05, 4.69) is 83.6 Å². The third-order valence-corrected chi connectivity index (χ3v) is 5.68. The normalized spacial score (nSPS) is 11.6. The molecule has 0 bridgehead atoms. The number of hydrogen-bond acceptors (Lipinski definition) is 3. The lowest BCUT2D eigenvalue weighted by Crippen LogP contribution is -2.43. The molecule has 3 aromatic rings. The highest BCUT2D eigenvalue weighted by molar-refractivity contribution is 5.47. The predicted octanol–water partition coefficient (Wildman–Crippen LogP) is 7.20. The third-order valence-electron chi connectivity index (χ3n) is 5.68. The summed E-state index contributed by atoms with van der Waals surface area (Å²) in [5, 5.41) is 3.33. The van der Waals surface area contributed by atoms with Gasteiger partial charge in [-0.2, -0.15) is 0 Å². The molecule has 218 valence electrons. The third kappa shape index (κ3) is 16.5. The molecule has 3 aromatic carbocycles. The van der Waals surface area contributed by atoms with E-state index in [1.807, 2.05) is 65.8 Å². The van der Waals surface area contributed by atoms with Crippen LogP contribution in [-0.4, -0.2) is 56.0 Å². The van der Waals surface area contributed by atoms with Crippen molar-refractivity contribution >= 4 is 6.41 Å². The van der Waals surface area contributed by atoms with Gasteiger partial charge in [-0.05, 0) is 42.2 Å². The number of hydrogen-bond donors (Lipinski definition) is 1. The fraction of sp³-hybridized carbons (Fsp3) is 0.417. The van der Waals surface area contributed by atoms with Gasteiger partial charge in [0.1, 0.15) is 0 Å². The lowest BCUT2D eigenvalue weighted by Gasteiger charge is -2.24. The quantitative estimate of drug-likeness (QED) is 0.264. The van der Waals surface area contributed by atoms with Crippen molar-refractivity contribution in [3.63, 3.8) is 0 Å². The van der Waals surface area contributed by atoms with Crippen LogP contribution < -0.4 is 5.32 Å². The number of nitrogens with zero attached hydrogens (tertiary/aromatic N) is 2. The van der Waals surface area contributed by atoms with Gasteiger partial charge in [-0.1, -0.05) is 126 Å². The molecule has 0 unspecified atom stereocenters. The van der Waals surface area contributed by atoms with Crippen molar-refractivity contribution in [1.82, 2.24) is 15.1 Å². The van der Waals surface area contributed by atoms with Gasteiger partial charge in [-0.25, -0.2) is 0 Å². The average molecular weight is 544 g/mol. The van der Waals surface area contributed by atoms with Crippen LogP contribution in [0.15, 0.2) is 78.9 Å². The number of carbonyl (C=O) groups is 1. The van der Waals surface area contributed by atoms with Crippen LogP contribution in [0.3, 0.4) is 0 Å². The molecular formula is C36H53N3O. The van der Waals surface area contributed by atoms with Crippen molar-refractivity contribution < 1.29 is 4.79 Å². The summed E-state index contributed by atoms with van der Waals surface area (Å²) >= 11 is 0. The number of benzene rings is 3. The second-order valence-electron chi connectivity index (χ2n) is 8.69. The van der Waals surface area contributed by atoms with E-state index in [1.54, 1.807) is 11.9 Å². The molecule has 1 N–H and O–H groups in total. The fourth-order valence-electron chi connectivity index (χ4n) is 3.68. The van der Waals surface area contributed by atoms with Crippen molar-refractivity contribution in [3.8, 4) is 11.8 Å². The predicted molar refractivity (Wildman–Crippen MR) is 175 cm³/mol. The van der Waals surface area contributed by atoms with Gasteiger partial charge in [0.25, 0.3) is 0 Å². The van der Waals surface area contributed by atoms with Gasteiger partial charge < -0.3 is 10.2 Å². The number of amides is 1. The summed E-state index contributed by atoms with van der Waals surface area (Å²) in [7, 11) is 1.77. The molecule has 0 spiro atoms. The minimum absolute atomic E-state index is 0.637. The molecule has 0 aliphatic carbocycles. The van der Waals surface area contributed by atoms with Gasteiger partial charge in [0, 0.05) is 45.3 Å². The van der Waals surface area contributed by atoms with Crippen LogP contribution in [0, 0.1) is 18.8 Å². The van der Waals surface area contributed by atoms with Gasteiger partial charge in [0.2, 0.25) is 6.41 Å². The zero-order chi connectivity index (χ0) is 30.0. The van der Waals surface area contributed by atoms with Crippen LogP contribution in [0.4, 0.5) is 0 Å². The molecule has 4 heteroatoms. The Kier molecular flexibility index (Phi) is 22.5. The van der Waals surface area contributed by atoms with Gasteiger partial charge >= 0.3 is 0 Å². The summed E-state index contributed by atoms with van der Waals surface area (Å²) in [6, 6.07) is 27.4. The lowest BCUT2D eigenvalue weighted by molar-refractivity contribution is -0.117. The highest BCUT2D eigenvalue weighted by Crippen LogP contribution is 2.10. The molecule has 4 nitrogen and oxygen atoms in total. The van der Waals surface area contributed by atoms with Crippen molar-refractivity contribution in [1.29, 1.82) is 0 Å². The summed E-state index contributed by atoms with van der Waals surface area (Å²) in [6.45, 7) is 19.8. The van der Waals surface area contributed by atoms with Gasteiger partial charge in [-0.15, -0.1) is 0 Å². The molecule has 1 saturated heterocycles. The molecule has 1 aliphatic heterocycles. The summed E-state index contributed by atoms with van der Waals surface area (Å²) in [6.07, 6.45) is 1.86. The summed E-state index contributed by atoms with van der Waals surface area (Å²) < 4.78 is 0.